The minimum absolute atomic E-state index is 0.777. The van der Waals surface area contributed by atoms with Crippen LogP contribution in [0.2, 0.25) is 0 Å². The van der Waals surface area contributed by atoms with Gasteiger partial charge < -0.3 is 14.8 Å². The SMILES string of the molecule is COc1ccc(NCc2cc(Br)cs2)c(OC)c1. The monoisotopic (exact) mass is 327 g/mol. The molecule has 2 aromatic rings. The molecule has 5 heteroatoms. The fraction of sp³-hybridized carbons (Fsp3) is 0.231. The standard InChI is InChI=1S/C13H14BrNO2S/c1-16-10-3-4-12(13(6-10)17-2)15-7-11-5-9(14)8-18-11/h3-6,8,15H,7H2,1-2H3. The van der Waals surface area contributed by atoms with Crippen molar-refractivity contribution in [1.29, 1.82) is 0 Å². The van der Waals surface area contributed by atoms with Crippen LogP contribution in [0.3, 0.4) is 0 Å². The third kappa shape index (κ3) is 3.17. The lowest BCUT2D eigenvalue weighted by molar-refractivity contribution is 0.395. The lowest BCUT2D eigenvalue weighted by atomic mass is 10.2. The first-order valence-corrected chi connectivity index (χ1v) is 7.09. The summed E-state index contributed by atoms with van der Waals surface area (Å²) in [7, 11) is 3.30. The average molecular weight is 328 g/mol. The van der Waals surface area contributed by atoms with Gasteiger partial charge in [-0.3, -0.25) is 0 Å². The number of hydrogen-bond donors (Lipinski definition) is 1. The molecule has 0 amide bonds. The van der Waals surface area contributed by atoms with E-state index in [1.165, 1.54) is 4.88 Å². The molecule has 1 heterocycles. The zero-order valence-corrected chi connectivity index (χ0v) is 12.6. The molecular weight excluding hydrogens is 314 g/mol. The largest absolute Gasteiger partial charge is 0.497 e. The Balaban J connectivity index is 2.08. The summed E-state index contributed by atoms with van der Waals surface area (Å²) in [4.78, 5) is 1.26. The zero-order valence-electron chi connectivity index (χ0n) is 10.2. The molecule has 96 valence electrons. The minimum Gasteiger partial charge on any atom is -0.497 e. The highest BCUT2D eigenvalue weighted by molar-refractivity contribution is 9.10. The minimum atomic E-state index is 0.777. The first-order valence-electron chi connectivity index (χ1n) is 5.41. The Hall–Kier alpha value is -1.20. The van der Waals surface area contributed by atoms with E-state index in [0.717, 1.165) is 28.2 Å². The number of thiophene rings is 1. The molecule has 1 N–H and O–H groups in total. The molecule has 0 fully saturated rings. The number of halogens is 1. The van der Waals surface area contributed by atoms with Crippen molar-refractivity contribution in [1.82, 2.24) is 0 Å². The van der Waals surface area contributed by atoms with Gasteiger partial charge in [0.15, 0.2) is 0 Å². The Morgan fingerprint density at radius 2 is 2.06 bits per heavy atom. The van der Waals surface area contributed by atoms with Crippen molar-refractivity contribution in [3.63, 3.8) is 0 Å². The maximum absolute atomic E-state index is 5.33. The van der Waals surface area contributed by atoms with E-state index in [-0.39, 0.29) is 0 Å². The Bertz CT molecular complexity index is 527. The second-order valence-electron chi connectivity index (χ2n) is 3.65. The molecule has 0 radical (unpaired) electrons. The van der Waals surface area contributed by atoms with Gasteiger partial charge in [0, 0.05) is 27.3 Å². The summed E-state index contributed by atoms with van der Waals surface area (Å²) in [5, 5.41) is 5.43. The molecule has 0 saturated carbocycles. The molecule has 0 aliphatic rings. The highest BCUT2D eigenvalue weighted by Crippen LogP contribution is 2.30. The predicted molar refractivity (Wildman–Crippen MR) is 78.9 cm³/mol. The fourth-order valence-electron chi connectivity index (χ4n) is 1.57. The summed E-state index contributed by atoms with van der Waals surface area (Å²) in [6.45, 7) is 0.777. The maximum Gasteiger partial charge on any atom is 0.145 e. The third-order valence-corrected chi connectivity index (χ3v) is 4.18. The van der Waals surface area contributed by atoms with Crippen molar-refractivity contribution < 1.29 is 9.47 Å². The molecule has 0 bridgehead atoms. The van der Waals surface area contributed by atoms with E-state index < -0.39 is 0 Å². The first kappa shape index (κ1) is 13.2. The number of hydrogen-bond acceptors (Lipinski definition) is 4. The van der Waals surface area contributed by atoms with Crippen molar-refractivity contribution in [2.24, 2.45) is 0 Å². The molecule has 0 unspecified atom stereocenters. The van der Waals surface area contributed by atoms with Crippen molar-refractivity contribution in [2.75, 3.05) is 19.5 Å². The van der Waals surface area contributed by atoms with Crippen LogP contribution in [0.4, 0.5) is 5.69 Å². The molecule has 1 aromatic heterocycles. The van der Waals surface area contributed by atoms with Crippen molar-refractivity contribution in [2.45, 2.75) is 6.54 Å². The summed E-state index contributed by atoms with van der Waals surface area (Å²) in [5.41, 5.74) is 0.961. The van der Waals surface area contributed by atoms with Gasteiger partial charge in [0.2, 0.25) is 0 Å². The van der Waals surface area contributed by atoms with E-state index >= 15 is 0 Å². The molecule has 0 aliphatic heterocycles. The van der Waals surface area contributed by atoms with Crippen LogP contribution in [0.15, 0.2) is 34.1 Å². The number of anilines is 1. The second-order valence-corrected chi connectivity index (χ2v) is 5.56. The van der Waals surface area contributed by atoms with Gasteiger partial charge >= 0.3 is 0 Å². The van der Waals surface area contributed by atoms with Crippen molar-refractivity contribution >= 4 is 33.0 Å². The molecule has 0 spiro atoms. The van der Waals surface area contributed by atoms with Crippen LogP contribution in [-0.2, 0) is 6.54 Å². The molecule has 3 nitrogen and oxygen atoms in total. The van der Waals surface area contributed by atoms with E-state index in [2.05, 4.69) is 32.7 Å². The first-order chi connectivity index (χ1) is 8.72. The highest BCUT2D eigenvalue weighted by atomic mass is 79.9. The van der Waals surface area contributed by atoms with Crippen molar-refractivity contribution in [3.8, 4) is 11.5 Å². The second kappa shape index (κ2) is 6.11. The van der Waals surface area contributed by atoms with Gasteiger partial charge in [0.25, 0.3) is 0 Å². The number of nitrogens with one attached hydrogen (secondary N) is 1. The molecule has 0 atom stereocenters. The lowest BCUT2D eigenvalue weighted by Gasteiger charge is -2.11. The average Bonchev–Trinajstić information content (AvgIpc) is 2.82. The highest BCUT2D eigenvalue weighted by Gasteiger charge is 2.05. The van der Waals surface area contributed by atoms with Gasteiger partial charge in [-0.2, -0.15) is 0 Å². The summed E-state index contributed by atoms with van der Waals surface area (Å²) >= 11 is 5.16. The van der Waals surface area contributed by atoms with E-state index in [0.29, 0.717) is 0 Å². The van der Waals surface area contributed by atoms with Crippen LogP contribution in [0.5, 0.6) is 11.5 Å². The number of methoxy groups -OCH3 is 2. The van der Waals surface area contributed by atoms with Crippen LogP contribution >= 0.6 is 27.3 Å². The van der Waals surface area contributed by atoms with Gasteiger partial charge in [0.1, 0.15) is 11.5 Å². The van der Waals surface area contributed by atoms with E-state index in [9.17, 15) is 0 Å². The summed E-state index contributed by atoms with van der Waals surface area (Å²) in [5.74, 6) is 1.57. The molecular formula is C13H14BrNO2S. The molecule has 0 saturated heterocycles. The van der Waals surface area contributed by atoms with Gasteiger partial charge in [-0.25, -0.2) is 0 Å². The van der Waals surface area contributed by atoms with Gasteiger partial charge in [0.05, 0.1) is 19.9 Å². The topological polar surface area (TPSA) is 30.5 Å². The van der Waals surface area contributed by atoms with Crippen LogP contribution in [0.1, 0.15) is 4.88 Å². The Morgan fingerprint density at radius 3 is 2.67 bits per heavy atom. The summed E-state index contributed by atoms with van der Waals surface area (Å²) < 4.78 is 11.6. The Labute approximate surface area is 119 Å². The van der Waals surface area contributed by atoms with Crippen LogP contribution in [-0.4, -0.2) is 14.2 Å². The van der Waals surface area contributed by atoms with E-state index in [4.69, 9.17) is 9.47 Å². The molecule has 1 aromatic carbocycles. The molecule has 18 heavy (non-hydrogen) atoms. The maximum atomic E-state index is 5.33. The normalized spacial score (nSPS) is 10.2. The fourth-order valence-corrected chi connectivity index (χ4v) is 2.96. The molecule has 2 rings (SSSR count). The summed E-state index contributed by atoms with van der Waals surface area (Å²) in [6, 6.07) is 7.84. The number of benzene rings is 1. The van der Waals surface area contributed by atoms with Gasteiger partial charge in [-0.15, -0.1) is 11.3 Å². The molecule has 0 aliphatic carbocycles. The number of rotatable bonds is 5. The smallest absolute Gasteiger partial charge is 0.145 e. The van der Waals surface area contributed by atoms with Crippen LogP contribution < -0.4 is 14.8 Å². The van der Waals surface area contributed by atoms with E-state index in [1.54, 1.807) is 25.6 Å². The lowest BCUT2D eigenvalue weighted by Crippen LogP contribution is -2.00. The number of ether oxygens (including phenoxy) is 2. The Morgan fingerprint density at radius 1 is 1.22 bits per heavy atom. The van der Waals surface area contributed by atoms with E-state index in [1.807, 2.05) is 18.2 Å². The van der Waals surface area contributed by atoms with Crippen LogP contribution in [0.25, 0.3) is 0 Å². The third-order valence-electron chi connectivity index (χ3n) is 2.48. The van der Waals surface area contributed by atoms with Gasteiger partial charge in [-0.1, -0.05) is 0 Å². The summed E-state index contributed by atoms with van der Waals surface area (Å²) in [6.07, 6.45) is 0. The zero-order chi connectivity index (χ0) is 13.0. The van der Waals surface area contributed by atoms with Crippen molar-refractivity contribution in [3.05, 3.63) is 39.0 Å². The van der Waals surface area contributed by atoms with Gasteiger partial charge in [-0.05, 0) is 34.1 Å². The Kier molecular flexibility index (Phi) is 4.49. The quantitative estimate of drug-likeness (QED) is 0.895. The predicted octanol–water partition coefficient (Wildman–Crippen LogP) is 4.14. The van der Waals surface area contributed by atoms with Crippen LogP contribution in [0, 0.1) is 0 Å².